The highest BCUT2D eigenvalue weighted by atomic mass is 16.5. The van der Waals surface area contributed by atoms with Crippen molar-refractivity contribution < 1.29 is 14.6 Å². The molecule has 1 fully saturated rings. The van der Waals surface area contributed by atoms with E-state index in [1.54, 1.807) is 0 Å². The van der Waals surface area contributed by atoms with Crippen molar-refractivity contribution in [2.24, 2.45) is 5.92 Å². The molecule has 2 N–H and O–H groups in total. The number of carboxylic acids is 1. The average molecular weight is 444 g/mol. The van der Waals surface area contributed by atoms with Gasteiger partial charge in [-0.2, -0.15) is 0 Å². The first-order valence-corrected chi connectivity index (χ1v) is 11.8. The van der Waals surface area contributed by atoms with Crippen LogP contribution in [0.1, 0.15) is 47.1 Å². The highest BCUT2D eigenvalue weighted by Gasteiger charge is 2.21. The predicted octanol–water partition coefficient (Wildman–Crippen LogP) is 6.53. The zero-order chi connectivity index (χ0) is 23.2. The van der Waals surface area contributed by atoms with Gasteiger partial charge in [-0.25, -0.2) is 0 Å². The molecule has 0 radical (unpaired) electrons. The van der Waals surface area contributed by atoms with Gasteiger partial charge in [-0.3, -0.25) is 4.79 Å². The summed E-state index contributed by atoms with van der Waals surface area (Å²) in [6, 6.07) is 21.2. The fourth-order valence-electron chi connectivity index (χ4n) is 4.30. The summed E-state index contributed by atoms with van der Waals surface area (Å²) in [4.78, 5) is 10.7. The standard InChI is InChI=1S/C29H33NO3/c1-20-14-25(19-33-18-23-6-7-23)15-21(2)29(20)26-5-3-4-24(16-26)17-30-27-11-8-22(9-12-27)10-13-28(31)32/h3-5,8-9,11-12,14-16,23,30H,6-7,10,13,17-19H2,1-2H3,(H,31,32). The second kappa shape index (κ2) is 10.7. The molecule has 0 aromatic heterocycles. The number of aliphatic carboxylic acids is 1. The van der Waals surface area contributed by atoms with Crippen molar-refractivity contribution in [2.45, 2.75) is 52.7 Å². The number of anilines is 1. The lowest BCUT2D eigenvalue weighted by molar-refractivity contribution is -0.136. The number of benzene rings is 3. The van der Waals surface area contributed by atoms with E-state index in [0.717, 1.165) is 30.3 Å². The topological polar surface area (TPSA) is 58.6 Å². The number of carboxylic acid groups (broad SMARTS) is 1. The van der Waals surface area contributed by atoms with Gasteiger partial charge in [0.25, 0.3) is 0 Å². The lowest BCUT2D eigenvalue weighted by atomic mass is 9.93. The number of hydrogen-bond acceptors (Lipinski definition) is 3. The van der Waals surface area contributed by atoms with Crippen LogP contribution in [0.4, 0.5) is 5.69 Å². The maximum atomic E-state index is 10.7. The molecular weight excluding hydrogens is 410 g/mol. The molecule has 1 saturated carbocycles. The molecule has 4 nitrogen and oxygen atoms in total. The SMILES string of the molecule is Cc1cc(COCC2CC2)cc(C)c1-c1cccc(CNc2ccc(CCC(=O)O)cc2)c1. The van der Waals surface area contributed by atoms with Gasteiger partial charge in [-0.05, 0) is 96.2 Å². The second-order valence-electron chi connectivity index (χ2n) is 9.21. The fraction of sp³-hybridized carbons (Fsp3) is 0.345. The molecule has 172 valence electrons. The minimum absolute atomic E-state index is 0.160. The summed E-state index contributed by atoms with van der Waals surface area (Å²) >= 11 is 0. The van der Waals surface area contributed by atoms with E-state index in [4.69, 9.17) is 9.84 Å². The summed E-state index contributed by atoms with van der Waals surface area (Å²) < 4.78 is 5.89. The molecule has 0 amide bonds. The summed E-state index contributed by atoms with van der Waals surface area (Å²) in [7, 11) is 0. The zero-order valence-electron chi connectivity index (χ0n) is 19.6. The van der Waals surface area contributed by atoms with E-state index in [1.807, 2.05) is 24.3 Å². The van der Waals surface area contributed by atoms with Crippen LogP contribution < -0.4 is 5.32 Å². The maximum Gasteiger partial charge on any atom is 0.303 e. The molecule has 1 aliphatic carbocycles. The number of hydrogen-bond donors (Lipinski definition) is 2. The molecule has 0 atom stereocenters. The van der Waals surface area contributed by atoms with Crippen LogP contribution in [0.3, 0.4) is 0 Å². The lowest BCUT2D eigenvalue weighted by Gasteiger charge is -2.15. The van der Waals surface area contributed by atoms with Crippen molar-refractivity contribution in [1.29, 1.82) is 0 Å². The maximum absolute atomic E-state index is 10.7. The molecule has 4 rings (SSSR count). The van der Waals surface area contributed by atoms with Crippen LogP contribution in [0.25, 0.3) is 11.1 Å². The molecule has 0 bridgehead atoms. The Morgan fingerprint density at radius 2 is 1.70 bits per heavy atom. The molecule has 0 unspecified atom stereocenters. The molecule has 0 saturated heterocycles. The Morgan fingerprint density at radius 1 is 0.970 bits per heavy atom. The first-order chi connectivity index (χ1) is 16.0. The highest BCUT2D eigenvalue weighted by molar-refractivity contribution is 5.72. The van der Waals surface area contributed by atoms with E-state index in [2.05, 4.69) is 55.6 Å². The Balaban J connectivity index is 1.39. The minimum atomic E-state index is -0.765. The van der Waals surface area contributed by atoms with Gasteiger partial charge in [0.1, 0.15) is 0 Å². The molecular formula is C29H33NO3. The Bertz CT molecular complexity index is 1080. The zero-order valence-corrected chi connectivity index (χ0v) is 19.6. The number of ether oxygens (including phenoxy) is 1. The number of aryl methyl sites for hydroxylation is 3. The van der Waals surface area contributed by atoms with Gasteiger partial charge < -0.3 is 15.2 Å². The molecule has 0 aliphatic heterocycles. The fourth-order valence-corrected chi connectivity index (χ4v) is 4.30. The quantitative estimate of drug-likeness (QED) is 0.354. The molecule has 0 heterocycles. The molecule has 33 heavy (non-hydrogen) atoms. The first-order valence-electron chi connectivity index (χ1n) is 11.8. The van der Waals surface area contributed by atoms with Gasteiger partial charge in [0.2, 0.25) is 0 Å². The second-order valence-corrected chi connectivity index (χ2v) is 9.21. The lowest BCUT2D eigenvalue weighted by Crippen LogP contribution is -2.01. The summed E-state index contributed by atoms with van der Waals surface area (Å²) in [5.74, 6) is 0.0248. The monoisotopic (exact) mass is 443 g/mol. The van der Waals surface area contributed by atoms with E-state index in [-0.39, 0.29) is 6.42 Å². The third-order valence-electron chi connectivity index (χ3n) is 6.21. The van der Waals surface area contributed by atoms with Crippen LogP contribution in [-0.4, -0.2) is 17.7 Å². The Morgan fingerprint density at radius 3 is 2.36 bits per heavy atom. The van der Waals surface area contributed by atoms with Crippen LogP contribution in [-0.2, 0) is 29.1 Å². The van der Waals surface area contributed by atoms with E-state index in [1.165, 1.54) is 46.2 Å². The van der Waals surface area contributed by atoms with Gasteiger partial charge >= 0.3 is 5.97 Å². The summed E-state index contributed by atoms with van der Waals surface area (Å²) in [5.41, 5.74) is 9.63. The minimum Gasteiger partial charge on any atom is -0.481 e. The van der Waals surface area contributed by atoms with E-state index >= 15 is 0 Å². The van der Waals surface area contributed by atoms with Gasteiger partial charge in [-0.1, -0.05) is 42.5 Å². The van der Waals surface area contributed by atoms with Crippen LogP contribution in [0, 0.1) is 19.8 Å². The smallest absolute Gasteiger partial charge is 0.303 e. The van der Waals surface area contributed by atoms with Crippen LogP contribution >= 0.6 is 0 Å². The van der Waals surface area contributed by atoms with Gasteiger partial charge in [0, 0.05) is 25.3 Å². The molecule has 3 aromatic carbocycles. The average Bonchev–Trinajstić information content (AvgIpc) is 3.61. The normalized spacial score (nSPS) is 13.2. The van der Waals surface area contributed by atoms with E-state index in [9.17, 15) is 4.79 Å². The Labute approximate surface area is 196 Å². The van der Waals surface area contributed by atoms with Crippen LogP contribution in [0.2, 0.25) is 0 Å². The number of carbonyl (C=O) groups is 1. The molecule has 4 heteroatoms. The molecule has 3 aromatic rings. The van der Waals surface area contributed by atoms with Crippen molar-refractivity contribution >= 4 is 11.7 Å². The van der Waals surface area contributed by atoms with Crippen LogP contribution in [0.5, 0.6) is 0 Å². The van der Waals surface area contributed by atoms with Crippen molar-refractivity contribution in [3.8, 4) is 11.1 Å². The summed E-state index contributed by atoms with van der Waals surface area (Å²) in [6.07, 6.45) is 3.36. The van der Waals surface area contributed by atoms with Crippen molar-refractivity contribution in [3.05, 3.63) is 88.5 Å². The van der Waals surface area contributed by atoms with Crippen LogP contribution in [0.15, 0.2) is 60.7 Å². The largest absolute Gasteiger partial charge is 0.481 e. The third-order valence-corrected chi connectivity index (χ3v) is 6.21. The van der Waals surface area contributed by atoms with E-state index in [0.29, 0.717) is 13.0 Å². The first kappa shape index (κ1) is 23.1. The van der Waals surface area contributed by atoms with Gasteiger partial charge in [0.15, 0.2) is 0 Å². The number of rotatable bonds is 11. The highest BCUT2D eigenvalue weighted by Crippen LogP contribution is 2.31. The van der Waals surface area contributed by atoms with Crippen molar-refractivity contribution in [2.75, 3.05) is 11.9 Å². The van der Waals surface area contributed by atoms with Crippen molar-refractivity contribution in [1.82, 2.24) is 0 Å². The summed E-state index contributed by atoms with van der Waals surface area (Å²) in [6.45, 7) is 6.68. The third kappa shape index (κ3) is 6.69. The predicted molar refractivity (Wildman–Crippen MR) is 133 cm³/mol. The Kier molecular flexibility index (Phi) is 7.46. The van der Waals surface area contributed by atoms with Crippen molar-refractivity contribution in [3.63, 3.8) is 0 Å². The van der Waals surface area contributed by atoms with Gasteiger partial charge in [0.05, 0.1) is 6.61 Å². The molecule has 0 spiro atoms. The van der Waals surface area contributed by atoms with E-state index < -0.39 is 5.97 Å². The Hall–Kier alpha value is -3.11. The molecule has 1 aliphatic rings. The summed E-state index contributed by atoms with van der Waals surface area (Å²) in [5, 5.41) is 12.3. The number of nitrogens with one attached hydrogen (secondary N) is 1. The van der Waals surface area contributed by atoms with Gasteiger partial charge in [-0.15, -0.1) is 0 Å².